The molecule has 0 aromatic carbocycles. The number of hydrogen-bond acceptors (Lipinski definition) is 3. The molecule has 1 heterocycles. The number of aromatic nitrogens is 1. The van der Waals surface area contributed by atoms with Crippen LogP contribution in [-0.2, 0) is 11.3 Å². The van der Waals surface area contributed by atoms with Crippen molar-refractivity contribution in [1.82, 2.24) is 9.88 Å². The number of hydrogen-bond donors (Lipinski definition) is 2. The lowest BCUT2D eigenvalue weighted by Gasteiger charge is -2.22. The maximum atomic E-state index is 12.0. The molecular weight excluding hydrogens is 254 g/mol. The van der Waals surface area contributed by atoms with Crippen LogP contribution in [0.2, 0.25) is 0 Å². The molecule has 0 saturated heterocycles. The Morgan fingerprint density at radius 1 is 1.45 bits per heavy atom. The summed E-state index contributed by atoms with van der Waals surface area (Å²) in [5.74, 6) is -0.0872. The van der Waals surface area contributed by atoms with Crippen LogP contribution in [-0.4, -0.2) is 29.7 Å². The summed E-state index contributed by atoms with van der Waals surface area (Å²) in [4.78, 5) is 12.0. The van der Waals surface area contributed by atoms with Gasteiger partial charge in [-0.3, -0.25) is 4.79 Å². The number of carbonyl (C=O) groups excluding carboxylic acids is 1. The Bertz CT molecular complexity index is 436. The van der Waals surface area contributed by atoms with Crippen molar-refractivity contribution in [2.24, 2.45) is 0 Å². The molecule has 1 aliphatic rings. The number of ether oxygens (including phenoxy) is 1. The molecule has 2 rings (SSSR count). The van der Waals surface area contributed by atoms with Crippen molar-refractivity contribution in [3.8, 4) is 0 Å². The molecular formula is C15H25N3O2. The minimum atomic E-state index is -0.0872. The Morgan fingerprint density at radius 2 is 2.20 bits per heavy atom. The van der Waals surface area contributed by atoms with Gasteiger partial charge in [-0.2, -0.15) is 0 Å². The molecule has 0 unspecified atom stereocenters. The Morgan fingerprint density at radius 3 is 2.90 bits per heavy atom. The van der Waals surface area contributed by atoms with Gasteiger partial charge >= 0.3 is 0 Å². The Balaban J connectivity index is 1.71. The molecule has 3 N–H and O–H groups in total. The maximum Gasteiger partial charge on any atom is 0.268 e. The molecule has 1 amide bonds. The number of aryl methyl sites for hydroxylation is 1. The molecule has 0 atom stereocenters. The number of nitrogens with one attached hydrogen (secondary N) is 1. The monoisotopic (exact) mass is 279 g/mol. The summed E-state index contributed by atoms with van der Waals surface area (Å²) in [5.41, 5.74) is 6.95. The van der Waals surface area contributed by atoms with E-state index >= 15 is 0 Å². The standard InChI is InChI=1S/C15H25N3O2/c1-2-18-11-12(16)10-14(18)15(19)17-8-9-20-13-6-4-3-5-7-13/h10-11,13H,2-9,16H2,1H3,(H,17,19). The Hall–Kier alpha value is -1.49. The van der Waals surface area contributed by atoms with E-state index in [1.54, 1.807) is 12.3 Å². The summed E-state index contributed by atoms with van der Waals surface area (Å²) < 4.78 is 7.64. The van der Waals surface area contributed by atoms with Gasteiger partial charge in [-0.15, -0.1) is 0 Å². The average molecular weight is 279 g/mol. The zero-order chi connectivity index (χ0) is 14.4. The van der Waals surface area contributed by atoms with E-state index in [-0.39, 0.29) is 5.91 Å². The summed E-state index contributed by atoms with van der Waals surface area (Å²) in [6, 6.07) is 1.71. The minimum Gasteiger partial charge on any atom is -0.397 e. The van der Waals surface area contributed by atoms with Gasteiger partial charge in [0.2, 0.25) is 0 Å². The van der Waals surface area contributed by atoms with Crippen molar-refractivity contribution in [3.63, 3.8) is 0 Å². The third-order valence-corrected chi connectivity index (χ3v) is 3.78. The van der Waals surface area contributed by atoms with Crippen molar-refractivity contribution < 1.29 is 9.53 Å². The third kappa shape index (κ3) is 4.00. The molecule has 1 fully saturated rings. The van der Waals surface area contributed by atoms with Gasteiger partial charge in [0.05, 0.1) is 18.4 Å². The van der Waals surface area contributed by atoms with Crippen molar-refractivity contribution in [2.45, 2.75) is 51.7 Å². The SMILES string of the molecule is CCn1cc(N)cc1C(=O)NCCOC1CCCCC1. The van der Waals surface area contributed by atoms with Crippen LogP contribution in [0.3, 0.4) is 0 Å². The molecule has 1 saturated carbocycles. The number of amides is 1. The fourth-order valence-electron chi connectivity index (χ4n) is 2.70. The van der Waals surface area contributed by atoms with Gasteiger partial charge in [-0.1, -0.05) is 19.3 Å². The highest BCUT2D eigenvalue weighted by molar-refractivity contribution is 5.93. The van der Waals surface area contributed by atoms with Gasteiger partial charge in [0.25, 0.3) is 5.91 Å². The van der Waals surface area contributed by atoms with Crippen molar-refractivity contribution in [3.05, 3.63) is 18.0 Å². The van der Waals surface area contributed by atoms with E-state index in [0.717, 1.165) is 19.4 Å². The molecule has 20 heavy (non-hydrogen) atoms. The molecule has 1 aliphatic carbocycles. The largest absolute Gasteiger partial charge is 0.397 e. The first-order valence-corrected chi connectivity index (χ1v) is 7.56. The first kappa shape index (κ1) is 14.9. The van der Waals surface area contributed by atoms with E-state index in [1.165, 1.54) is 19.3 Å². The van der Waals surface area contributed by atoms with Crippen LogP contribution in [0, 0.1) is 0 Å². The predicted octanol–water partition coefficient (Wildman–Crippen LogP) is 2.17. The lowest BCUT2D eigenvalue weighted by molar-refractivity contribution is 0.0299. The van der Waals surface area contributed by atoms with Gasteiger partial charge < -0.3 is 20.4 Å². The second-order valence-corrected chi connectivity index (χ2v) is 5.33. The van der Waals surface area contributed by atoms with E-state index < -0.39 is 0 Å². The average Bonchev–Trinajstić information content (AvgIpc) is 2.86. The van der Waals surface area contributed by atoms with Gasteiger partial charge in [0.1, 0.15) is 5.69 Å². The number of carbonyl (C=O) groups is 1. The zero-order valence-corrected chi connectivity index (χ0v) is 12.2. The van der Waals surface area contributed by atoms with Crippen molar-refractivity contribution in [2.75, 3.05) is 18.9 Å². The quantitative estimate of drug-likeness (QED) is 0.784. The molecule has 1 aromatic heterocycles. The molecule has 1 aromatic rings. The highest BCUT2D eigenvalue weighted by Gasteiger charge is 2.14. The number of nitrogen functional groups attached to an aromatic ring is 1. The number of anilines is 1. The molecule has 0 aliphatic heterocycles. The normalized spacial score (nSPS) is 16.2. The van der Waals surface area contributed by atoms with Crippen molar-refractivity contribution in [1.29, 1.82) is 0 Å². The summed E-state index contributed by atoms with van der Waals surface area (Å²) in [7, 11) is 0. The Kier molecular flexibility index (Phi) is 5.47. The predicted molar refractivity (Wildman–Crippen MR) is 79.7 cm³/mol. The van der Waals surface area contributed by atoms with E-state index in [4.69, 9.17) is 10.5 Å². The van der Waals surface area contributed by atoms with Gasteiger partial charge in [0, 0.05) is 19.3 Å². The van der Waals surface area contributed by atoms with Crippen LogP contribution in [0.15, 0.2) is 12.3 Å². The van der Waals surface area contributed by atoms with Crippen LogP contribution in [0.1, 0.15) is 49.5 Å². The van der Waals surface area contributed by atoms with Crippen LogP contribution in [0.4, 0.5) is 5.69 Å². The summed E-state index contributed by atoms with van der Waals surface area (Å²) in [6.07, 6.45) is 8.34. The number of rotatable bonds is 6. The minimum absolute atomic E-state index is 0.0872. The van der Waals surface area contributed by atoms with Crippen LogP contribution in [0.5, 0.6) is 0 Å². The second-order valence-electron chi connectivity index (χ2n) is 5.33. The highest BCUT2D eigenvalue weighted by Crippen LogP contribution is 2.19. The van der Waals surface area contributed by atoms with Crippen molar-refractivity contribution >= 4 is 11.6 Å². The van der Waals surface area contributed by atoms with Crippen LogP contribution >= 0.6 is 0 Å². The molecule has 0 bridgehead atoms. The maximum absolute atomic E-state index is 12.0. The topological polar surface area (TPSA) is 69.3 Å². The highest BCUT2D eigenvalue weighted by atomic mass is 16.5. The van der Waals surface area contributed by atoms with E-state index in [0.29, 0.717) is 30.6 Å². The molecule has 112 valence electrons. The number of nitrogens with two attached hydrogens (primary N) is 1. The van der Waals surface area contributed by atoms with Crippen LogP contribution in [0.25, 0.3) is 0 Å². The summed E-state index contributed by atoms with van der Waals surface area (Å²) >= 11 is 0. The Labute approximate surface area is 120 Å². The van der Waals surface area contributed by atoms with Gasteiger partial charge in [-0.25, -0.2) is 0 Å². The molecule has 0 radical (unpaired) electrons. The van der Waals surface area contributed by atoms with Crippen LogP contribution < -0.4 is 11.1 Å². The molecule has 0 spiro atoms. The van der Waals surface area contributed by atoms with E-state index in [1.807, 2.05) is 11.5 Å². The lowest BCUT2D eigenvalue weighted by Crippen LogP contribution is -2.30. The van der Waals surface area contributed by atoms with Gasteiger partial charge in [-0.05, 0) is 25.8 Å². The second kappa shape index (κ2) is 7.33. The zero-order valence-electron chi connectivity index (χ0n) is 12.2. The summed E-state index contributed by atoms with van der Waals surface area (Å²) in [6.45, 7) is 3.85. The lowest BCUT2D eigenvalue weighted by atomic mass is 9.98. The molecule has 5 heteroatoms. The fourth-order valence-corrected chi connectivity index (χ4v) is 2.70. The smallest absolute Gasteiger partial charge is 0.268 e. The third-order valence-electron chi connectivity index (χ3n) is 3.78. The number of nitrogens with zero attached hydrogens (tertiary/aromatic N) is 1. The fraction of sp³-hybridized carbons (Fsp3) is 0.667. The first-order valence-electron chi connectivity index (χ1n) is 7.56. The van der Waals surface area contributed by atoms with Gasteiger partial charge in [0.15, 0.2) is 0 Å². The molecule has 5 nitrogen and oxygen atoms in total. The van der Waals surface area contributed by atoms with E-state index in [9.17, 15) is 4.79 Å². The summed E-state index contributed by atoms with van der Waals surface area (Å²) in [5, 5.41) is 2.89. The first-order chi connectivity index (χ1) is 9.70. The van der Waals surface area contributed by atoms with E-state index in [2.05, 4.69) is 5.32 Å².